The van der Waals surface area contributed by atoms with Crippen LogP contribution in [0.25, 0.3) is 12.2 Å². The average Bonchev–Trinajstić information content (AvgIpc) is 3.38. The van der Waals surface area contributed by atoms with Crippen LogP contribution in [-0.4, -0.2) is 12.5 Å². The molecule has 4 aliphatic rings. The summed E-state index contributed by atoms with van der Waals surface area (Å²) in [5.41, 5.74) is 16.9. The van der Waals surface area contributed by atoms with Crippen molar-refractivity contribution in [2.75, 3.05) is 12.5 Å². The molecule has 0 saturated carbocycles. The van der Waals surface area contributed by atoms with E-state index in [0.717, 1.165) is 0 Å². The maximum Gasteiger partial charge on any atom is 0.0361 e. The van der Waals surface area contributed by atoms with Gasteiger partial charge in [-0.05, 0) is 107 Å². The Kier molecular flexibility index (Phi) is 4.41. The minimum absolute atomic E-state index is 0.400. The molecule has 0 spiro atoms. The monoisotopic (exact) mass is 456 g/mol. The highest BCUT2D eigenvalue weighted by atomic mass is 32.3. The summed E-state index contributed by atoms with van der Waals surface area (Å²) in [6, 6.07) is 9.94. The van der Waals surface area contributed by atoms with Gasteiger partial charge in [-0.25, -0.2) is 10.0 Å². The van der Waals surface area contributed by atoms with E-state index in [0.29, 0.717) is 21.3 Å². The van der Waals surface area contributed by atoms with E-state index in [4.69, 9.17) is 0 Å². The molecule has 2 aromatic rings. The van der Waals surface area contributed by atoms with Gasteiger partial charge in [-0.2, -0.15) is 0 Å². The fraction of sp³-hybridized carbons (Fsp3) is 0.500. The molecule has 4 aliphatic carbocycles. The number of benzene rings is 2. The quantitative estimate of drug-likeness (QED) is 0.424. The third-order valence-electron chi connectivity index (χ3n) is 8.98. The van der Waals surface area contributed by atoms with E-state index in [1.54, 1.807) is 55.7 Å². The average molecular weight is 457 g/mol. The Labute approximate surface area is 202 Å². The summed E-state index contributed by atoms with van der Waals surface area (Å²) in [4.78, 5) is 0. The van der Waals surface area contributed by atoms with E-state index in [2.05, 4.69) is 90.5 Å². The van der Waals surface area contributed by atoms with Crippen molar-refractivity contribution in [2.45, 2.75) is 77.7 Å². The van der Waals surface area contributed by atoms with Gasteiger partial charge in [0, 0.05) is 10.5 Å². The highest BCUT2D eigenvalue weighted by molar-refractivity contribution is 8.33. The van der Waals surface area contributed by atoms with Crippen molar-refractivity contribution in [2.24, 2.45) is 10.8 Å². The normalized spacial score (nSPS) is 26.4. The summed E-state index contributed by atoms with van der Waals surface area (Å²) < 4.78 is 0. The van der Waals surface area contributed by atoms with Gasteiger partial charge < -0.3 is 0 Å². The molecule has 0 aliphatic heterocycles. The molecule has 6 rings (SSSR count). The Morgan fingerprint density at radius 1 is 0.636 bits per heavy atom. The van der Waals surface area contributed by atoms with Crippen LogP contribution in [0.2, 0.25) is 0 Å². The highest BCUT2D eigenvalue weighted by Crippen LogP contribution is 2.72. The Morgan fingerprint density at radius 3 is 1.42 bits per heavy atom. The first-order chi connectivity index (χ1) is 15.4. The van der Waals surface area contributed by atoms with Crippen LogP contribution in [0.3, 0.4) is 0 Å². The molecule has 0 radical (unpaired) electrons. The lowest BCUT2D eigenvalue weighted by molar-refractivity contribution is 0.392. The fourth-order valence-electron chi connectivity index (χ4n) is 7.96. The maximum atomic E-state index is 2.62. The Morgan fingerprint density at radius 2 is 1.03 bits per heavy atom. The fourth-order valence-corrected chi connectivity index (χ4v) is 12.0. The van der Waals surface area contributed by atoms with E-state index in [-0.39, 0.29) is 0 Å². The molecular formula is C32H40S. The smallest absolute Gasteiger partial charge is 0.0361 e. The molecule has 0 saturated heterocycles. The summed E-state index contributed by atoms with van der Waals surface area (Å²) in [5, 5.41) is 1.12. The van der Waals surface area contributed by atoms with Gasteiger partial charge in [-0.3, -0.25) is 0 Å². The molecule has 0 aromatic heterocycles. The van der Waals surface area contributed by atoms with Crippen molar-refractivity contribution in [3.8, 4) is 0 Å². The number of hydrogen-bond donors (Lipinski definition) is 0. The van der Waals surface area contributed by atoms with E-state index in [9.17, 15) is 0 Å². The van der Waals surface area contributed by atoms with E-state index in [1.807, 2.05) is 0 Å². The second-order valence-corrected chi connectivity index (χ2v) is 17.4. The molecular weight excluding hydrogens is 416 g/mol. The van der Waals surface area contributed by atoms with Crippen molar-refractivity contribution in [1.82, 2.24) is 0 Å². The Bertz CT molecular complexity index is 1170. The predicted octanol–water partition coefficient (Wildman–Crippen LogP) is 8.62. The SMILES string of the molecule is CC1=Cc2c(ccc3c2CC(C)(C)C3)C1S(C)(C)C1C(C)=Cc2c1ccc1c2CC(C)(C)C1. The minimum atomic E-state index is -0.993. The summed E-state index contributed by atoms with van der Waals surface area (Å²) >= 11 is 0. The van der Waals surface area contributed by atoms with Crippen LogP contribution in [0.15, 0.2) is 35.4 Å². The standard InChI is InChI=1S/C32H40S/c1-19-13-25-23(11-9-21-15-31(3,4)17-27(21)25)29(19)33(7,8)30-20(2)14-26-24(30)12-10-22-16-32(5,6)18-28(22)26/h9-14,29-30H,15-18H2,1-8H3. The first-order valence-corrected chi connectivity index (χ1v) is 15.3. The second kappa shape index (κ2) is 6.69. The highest BCUT2D eigenvalue weighted by Gasteiger charge is 2.44. The minimum Gasteiger partial charge on any atom is -0.226 e. The lowest BCUT2D eigenvalue weighted by Gasteiger charge is -2.46. The van der Waals surface area contributed by atoms with Crippen molar-refractivity contribution >= 4 is 22.2 Å². The van der Waals surface area contributed by atoms with E-state index >= 15 is 0 Å². The largest absolute Gasteiger partial charge is 0.226 e. The van der Waals surface area contributed by atoms with Crippen LogP contribution < -0.4 is 0 Å². The number of fused-ring (bicyclic) bond motifs is 6. The number of rotatable bonds is 2. The second-order valence-electron chi connectivity index (χ2n) is 13.5. The van der Waals surface area contributed by atoms with Crippen molar-refractivity contribution < 1.29 is 0 Å². The molecule has 0 N–H and O–H groups in total. The molecule has 174 valence electrons. The van der Waals surface area contributed by atoms with E-state index < -0.39 is 10.0 Å². The van der Waals surface area contributed by atoms with Gasteiger partial charge in [-0.15, -0.1) is 0 Å². The lowest BCUT2D eigenvalue weighted by atomic mass is 9.90. The van der Waals surface area contributed by atoms with Crippen LogP contribution in [0.5, 0.6) is 0 Å². The molecule has 2 aromatic carbocycles. The van der Waals surface area contributed by atoms with Gasteiger partial charge in [0.05, 0.1) is 0 Å². The van der Waals surface area contributed by atoms with E-state index in [1.165, 1.54) is 25.7 Å². The van der Waals surface area contributed by atoms with Gasteiger partial charge in [-0.1, -0.05) is 75.3 Å². The molecule has 0 bridgehead atoms. The van der Waals surface area contributed by atoms with Gasteiger partial charge in [0.2, 0.25) is 0 Å². The summed E-state index contributed by atoms with van der Waals surface area (Å²) in [6.45, 7) is 14.5. The zero-order chi connectivity index (χ0) is 23.5. The molecule has 33 heavy (non-hydrogen) atoms. The summed E-state index contributed by atoms with van der Waals surface area (Å²) in [6.07, 6.45) is 15.3. The molecule has 2 atom stereocenters. The van der Waals surface area contributed by atoms with Gasteiger partial charge in [0.1, 0.15) is 0 Å². The molecule has 0 amide bonds. The van der Waals surface area contributed by atoms with Gasteiger partial charge in [0.15, 0.2) is 0 Å². The Hall–Kier alpha value is -1.73. The van der Waals surface area contributed by atoms with Gasteiger partial charge in [0.25, 0.3) is 0 Å². The molecule has 2 unspecified atom stereocenters. The Balaban J connectivity index is 1.44. The third-order valence-corrected chi connectivity index (χ3v) is 12.7. The van der Waals surface area contributed by atoms with Crippen LogP contribution in [0, 0.1) is 10.8 Å². The summed E-state index contributed by atoms with van der Waals surface area (Å²) in [5.74, 6) is 0. The van der Waals surface area contributed by atoms with Crippen LogP contribution in [0.4, 0.5) is 0 Å². The first-order valence-electron chi connectivity index (χ1n) is 12.7. The zero-order valence-electron chi connectivity index (χ0n) is 21.9. The molecule has 1 heteroatoms. The maximum absolute atomic E-state index is 2.62. The zero-order valence-corrected chi connectivity index (χ0v) is 22.7. The predicted molar refractivity (Wildman–Crippen MR) is 147 cm³/mol. The van der Waals surface area contributed by atoms with Crippen LogP contribution in [0.1, 0.15) is 96.5 Å². The van der Waals surface area contributed by atoms with Crippen LogP contribution in [-0.2, 0) is 25.7 Å². The lowest BCUT2D eigenvalue weighted by Crippen LogP contribution is -2.17. The molecule has 0 nitrogen and oxygen atoms in total. The molecule has 0 heterocycles. The topological polar surface area (TPSA) is 0 Å². The van der Waals surface area contributed by atoms with Gasteiger partial charge >= 0.3 is 0 Å². The van der Waals surface area contributed by atoms with Crippen LogP contribution >= 0.6 is 10.0 Å². The first kappa shape index (κ1) is 21.8. The van der Waals surface area contributed by atoms with Crippen molar-refractivity contribution in [3.63, 3.8) is 0 Å². The van der Waals surface area contributed by atoms with Crippen molar-refractivity contribution in [3.05, 3.63) is 79.9 Å². The third kappa shape index (κ3) is 3.10. The van der Waals surface area contributed by atoms with Crippen molar-refractivity contribution in [1.29, 1.82) is 0 Å². The number of hydrogen-bond acceptors (Lipinski definition) is 0. The summed E-state index contributed by atoms with van der Waals surface area (Å²) in [7, 11) is -0.993. The molecule has 0 fully saturated rings.